The molecule has 0 fully saturated rings. The van der Waals surface area contributed by atoms with Crippen LogP contribution in [0.3, 0.4) is 0 Å². The summed E-state index contributed by atoms with van der Waals surface area (Å²) < 4.78 is 5.56. The number of hydrogen-bond donors (Lipinski definition) is 1. The van der Waals surface area contributed by atoms with E-state index >= 15 is 0 Å². The minimum Gasteiger partial charge on any atom is -0.465 e. The Morgan fingerprint density at radius 2 is 2.25 bits per heavy atom. The van der Waals surface area contributed by atoms with Crippen LogP contribution < -0.4 is 5.32 Å². The second-order valence-corrected chi connectivity index (χ2v) is 5.22. The number of nitrogens with zero attached hydrogens (tertiary/aromatic N) is 1. The summed E-state index contributed by atoms with van der Waals surface area (Å²) in [5.74, 6) is 1.94. The van der Waals surface area contributed by atoms with E-state index in [0.717, 1.165) is 23.1 Å². The van der Waals surface area contributed by atoms with Gasteiger partial charge in [-0.2, -0.15) is 0 Å². The molecule has 0 aliphatic carbocycles. The summed E-state index contributed by atoms with van der Waals surface area (Å²) in [7, 11) is 0. The van der Waals surface area contributed by atoms with Gasteiger partial charge in [0.1, 0.15) is 11.5 Å². The van der Waals surface area contributed by atoms with Crippen LogP contribution in [0.4, 0.5) is 0 Å². The number of rotatable bonds is 4. The zero-order valence-corrected chi connectivity index (χ0v) is 10.6. The van der Waals surface area contributed by atoms with Crippen LogP contribution in [0.15, 0.2) is 22.7 Å². The molecule has 0 radical (unpaired) electrons. The van der Waals surface area contributed by atoms with Crippen molar-refractivity contribution in [3.05, 3.63) is 39.7 Å². The van der Waals surface area contributed by atoms with Crippen molar-refractivity contribution in [1.29, 1.82) is 0 Å². The highest BCUT2D eigenvalue weighted by atomic mass is 32.1. The molecule has 3 nitrogen and oxygen atoms in total. The first kappa shape index (κ1) is 11.4. The number of aromatic nitrogens is 1. The fraction of sp³-hybridized carbons (Fsp3) is 0.417. The number of aryl methyl sites for hydroxylation is 2. The predicted molar refractivity (Wildman–Crippen MR) is 65.6 cm³/mol. The van der Waals surface area contributed by atoms with Gasteiger partial charge in [0, 0.05) is 17.6 Å². The van der Waals surface area contributed by atoms with Crippen molar-refractivity contribution in [2.75, 3.05) is 0 Å². The number of hydrogen-bond acceptors (Lipinski definition) is 4. The monoisotopic (exact) mass is 236 g/mol. The van der Waals surface area contributed by atoms with Crippen LogP contribution in [0.1, 0.15) is 34.4 Å². The van der Waals surface area contributed by atoms with Crippen molar-refractivity contribution >= 4 is 11.3 Å². The van der Waals surface area contributed by atoms with Crippen molar-refractivity contribution in [1.82, 2.24) is 10.3 Å². The Kier molecular flexibility index (Phi) is 3.41. The van der Waals surface area contributed by atoms with Crippen LogP contribution in [-0.4, -0.2) is 4.98 Å². The van der Waals surface area contributed by atoms with Crippen LogP contribution in [-0.2, 0) is 6.54 Å². The van der Waals surface area contributed by atoms with E-state index in [1.54, 1.807) is 11.3 Å². The lowest BCUT2D eigenvalue weighted by Gasteiger charge is -2.09. The molecule has 2 aromatic rings. The standard InChI is InChI=1S/C12H16N2OS/c1-8-4-5-12(15-8)9(2)13-6-11-7-14-10(3)16-11/h4-5,7,9,13H,6H2,1-3H3. The average Bonchev–Trinajstić information content (AvgIpc) is 2.84. The van der Waals surface area contributed by atoms with Crippen LogP contribution in [0.25, 0.3) is 0 Å². The van der Waals surface area contributed by atoms with E-state index in [2.05, 4.69) is 17.2 Å². The summed E-state index contributed by atoms with van der Waals surface area (Å²) in [6.45, 7) is 6.93. The maximum Gasteiger partial charge on any atom is 0.120 e. The quantitative estimate of drug-likeness (QED) is 0.885. The first-order valence-corrected chi connectivity index (χ1v) is 6.18. The number of thiazole rings is 1. The highest BCUT2D eigenvalue weighted by Gasteiger charge is 2.09. The van der Waals surface area contributed by atoms with Crippen LogP contribution >= 0.6 is 11.3 Å². The molecule has 0 aliphatic rings. The maximum absolute atomic E-state index is 5.56. The molecular formula is C12H16N2OS. The Labute approximate surface area is 99.5 Å². The van der Waals surface area contributed by atoms with Crippen molar-refractivity contribution in [2.45, 2.75) is 33.4 Å². The lowest BCUT2D eigenvalue weighted by Crippen LogP contribution is -2.16. The van der Waals surface area contributed by atoms with Crippen molar-refractivity contribution in [2.24, 2.45) is 0 Å². The fourth-order valence-electron chi connectivity index (χ4n) is 1.53. The summed E-state index contributed by atoms with van der Waals surface area (Å²) in [4.78, 5) is 5.48. The smallest absolute Gasteiger partial charge is 0.120 e. The van der Waals surface area contributed by atoms with E-state index in [0.29, 0.717) is 0 Å². The molecule has 0 saturated carbocycles. The molecule has 0 bridgehead atoms. The van der Waals surface area contributed by atoms with Crippen LogP contribution in [0, 0.1) is 13.8 Å². The Bertz CT molecular complexity index is 461. The largest absolute Gasteiger partial charge is 0.465 e. The van der Waals surface area contributed by atoms with Gasteiger partial charge in [0.25, 0.3) is 0 Å². The highest BCUT2D eigenvalue weighted by Crippen LogP contribution is 2.17. The Morgan fingerprint density at radius 1 is 1.44 bits per heavy atom. The van der Waals surface area contributed by atoms with Gasteiger partial charge < -0.3 is 9.73 Å². The molecule has 0 saturated heterocycles. The average molecular weight is 236 g/mol. The highest BCUT2D eigenvalue weighted by molar-refractivity contribution is 7.11. The molecular weight excluding hydrogens is 220 g/mol. The van der Waals surface area contributed by atoms with E-state index < -0.39 is 0 Å². The van der Waals surface area contributed by atoms with E-state index in [1.165, 1.54) is 4.88 Å². The SMILES string of the molecule is Cc1ccc(C(C)NCc2cnc(C)s2)o1. The Hall–Kier alpha value is -1.13. The Balaban J connectivity index is 1.91. The molecule has 2 rings (SSSR count). The lowest BCUT2D eigenvalue weighted by atomic mass is 10.2. The molecule has 2 heterocycles. The predicted octanol–water partition coefficient (Wildman–Crippen LogP) is 3.20. The number of nitrogens with one attached hydrogen (secondary N) is 1. The zero-order valence-electron chi connectivity index (χ0n) is 9.78. The van der Waals surface area contributed by atoms with Gasteiger partial charge in [0.2, 0.25) is 0 Å². The van der Waals surface area contributed by atoms with Crippen molar-refractivity contribution in [3.8, 4) is 0 Å². The van der Waals surface area contributed by atoms with Gasteiger partial charge in [-0.15, -0.1) is 11.3 Å². The minimum absolute atomic E-state index is 0.233. The topological polar surface area (TPSA) is 38.1 Å². The van der Waals surface area contributed by atoms with Gasteiger partial charge in [-0.3, -0.25) is 0 Å². The van der Waals surface area contributed by atoms with Gasteiger partial charge in [-0.05, 0) is 32.9 Å². The zero-order chi connectivity index (χ0) is 11.5. The minimum atomic E-state index is 0.233. The van der Waals surface area contributed by atoms with Gasteiger partial charge in [0.15, 0.2) is 0 Å². The van der Waals surface area contributed by atoms with E-state index in [-0.39, 0.29) is 6.04 Å². The summed E-state index contributed by atoms with van der Waals surface area (Å²) in [5.41, 5.74) is 0. The second kappa shape index (κ2) is 4.80. The molecule has 0 aromatic carbocycles. The Morgan fingerprint density at radius 3 is 2.81 bits per heavy atom. The summed E-state index contributed by atoms with van der Waals surface area (Å²) in [6, 6.07) is 4.24. The van der Waals surface area contributed by atoms with E-state index in [4.69, 9.17) is 4.42 Å². The third-order valence-corrected chi connectivity index (χ3v) is 3.35. The van der Waals surface area contributed by atoms with Crippen LogP contribution in [0.2, 0.25) is 0 Å². The molecule has 0 amide bonds. The fourth-order valence-corrected chi connectivity index (χ4v) is 2.27. The van der Waals surface area contributed by atoms with Gasteiger partial charge in [-0.25, -0.2) is 4.98 Å². The molecule has 1 N–H and O–H groups in total. The van der Waals surface area contributed by atoms with Gasteiger partial charge in [-0.1, -0.05) is 0 Å². The lowest BCUT2D eigenvalue weighted by molar-refractivity contribution is 0.416. The van der Waals surface area contributed by atoms with E-state index in [9.17, 15) is 0 Å². The molecule has 16 heavy (non-hydrogen) atoms. The maximum atomic E-state index is 5.56. The van der Waals surface area contributed by atoms with Crippen molar-refractivity contribution in [3.63, 3.8) is 0 Å². The summed E-state index contributed by atoms with van der Waals surface area (Å²) >= 11 is 1.73. The molecule has 1 unspecified atom stereocenters. The number of furan rings is 1. The third kappa shape index (κ3) is 2.71. The van der Waals surface area contributed by atoms with Gasteiger partial charge in [0.05, 0.1) is 11.0 Å². The summed E-state index contributed by atoms with van der Waals surface area (Å²) in [6.07, 6.45) is 1.92. The normalized spacial score (nSPS) is 12.9. The molecule has 1 atom stereocenters. The first-order chi connectivity index (χ1) is 7.65. The van der Waals surface area contributed by atoms with Crippen molar-refractivity contribution < 1.29 is 4.42 Å². The molecule has 0 aliphatic heterocycles. The third-order valence-electron chi connectivity index (χ3n) is 2.44. The first-order valence-electron chi connectivity index (χ1n) is 5.36. The molecule has 0 spiro atoms. The van der Waals surface area contributed by atoms with Crippen LogP contribution in [0.5, 0.6) is 0 Å². The molecule has 4 heteroatoms. The van der Waals surface area contributed by atoms with E-state index in [1.807, 2.05) is 32.2 Å². The molecule has 2 aromatic heterocycles. The summed E-state index contributed by atoms with van der Waals surface area (Å²) in [5, 5.41) is 4.53. The molecule has 86 valence electrons. The second-order valence-electron chi connectivity index (χ2n) is 3.90. The van der Waals surface area contributed by atoms with Gasteiger partial charge >= 0.3 is 0 Å².